The number of nitrogens with two attached hydrogens (primary N) is 2. The van der Waals surface area contributed by atoms with Gasteiger partial charge in [0.1, 0.15) is 0 Å². The second kappa shape index (κ2) is 11.6. The number of hydrogen-bond donors (Lipinski definition) is 2. The molecule has 18 heavy (non-hydrogen) atoms. The summed E-state index contributed by atoms with van der Waals surface area (Å²) >= 11 is 0. The van der Waals surface area contributed by atoms with Gasteiger partial charge in [0.05, 0.1) is 40.1 Å². The van der Waals surface area contributed by atoms with Crippen LogP contribution in [0.5, 0.6) is 0 Å². The zero-order valence-corrected chi connectivity index (χ0v) is 11.1. The number of hydrogen-bond acceptors (Lipinski definition) is 4. The maximum absolute atomic E-state index is 10.3. The Kier molecular flexibility index (Phi) is 11.8. The van der Waals surface area contributed by atoms with Gasteiger partial charge >= 0.3 is 0 Å². The van der Waals surface area contributed by atoms with E-state index in [0.29, 0.717) is 0 Å². The third kappa shape index (κ3) is 8.26. The summed E-state index contributed by atoms with van der Waals surface area (Å²) in [7, 11) is 8.00. The van der Waals surface area contributed by atoms with Crippen molar-refractivity contribution < 1.29 is 30.4 Å². The fourth-order valence-corrected chi connectivity index (χ4v) is 0.839. The molecule has 0 radical (unpaired) electrons. The quantitative estimate of drug-likeness (QED) is 0.562. The van der Waals surface area contributed by atoms with Crippen molar-refractivity contribution in [1.82, 2.24) is 0 Å². The van der Waals surface area contributed by atoms with Gasteiger partial charge < -0.3 is 30.4 Å². The predicted molar refractivity (Wildman–Crippen MR) is 62.6 cm³/mol. The first-order chi connectivity index (χ1) is 8.45. The molecule has 0 bridgehead atoms. The van der Waals surface area contributed by atoms with Crippen molar-refractivity contribution in [2.75, 3.05) is 28.2 Å². The van der Waals surface area contributed by atoms with E-state index in [1.54, 1.807) is 0 Å². The molecule has 0 aliphatic heterocycles. The highest BCUT2D eigenvalue weighted by Crippen LogP contribution is 2.05. The van der Waals surface area contributed by atoms with Crippen LogP contribution in [0.3, 0.4) is 0 Å². The average Bonchev–Trinajstić information content (AvgIpc) is 2.31. The molecule has 0 amide bonds. The maximum atomic E-state index is 10.3. The molecule has 0 aliphatic carbocycles. The van der Waals surface area contributed by atoms with E-state index in [-0.39, 0.29) is 11.1 Å². The molecule has 0 unspecified atom stereocenters. The third-order valence-corrected chi connectivity index (χ3v) is 1.37. The zero-order valence-electron chi connectivity index (χ0n) is 11.1. The predicted octanol–water partition coefficient (Wildman–Crippen LogP) is -3.97. The third-order valence-electron chi connectivity index (χ3n) is 1.37. The van der Waals surface area contributed by atoms with E-state index in [4.69, 9.17) is 0 Å². The van der Waals surface area contributed by atoms with Gasteiger partial charge in [-0.05, 0) is 0 Å². The minimum Gasteiger partial charge on any atom is -0.545 e. The zero-order chi connectivity index (χ0) is 14.6. The van der Waals surface area contributed by atoms with Crippen molar-refractivity contribution in [2.24, 2.45) is 0 Å². The van der Waals surface area contributed by atoms with Gasteiger partial charge in [-0.1, -0.05) is 24.3 Å². The highest BCUT2D eigenvalue weighted by atomic mass is 16.4. The molecule has 0 aromatic heterocycles. The molecule has 6 heteroatoms. The lowest BCUT2D eigenvalue weighted by Crippen LogP contribution is -2.74. The first-order valence-corrected chi connectivity index (χ1v) is 5.45. The second-order valence-corrected chi connectivity index (χ2v) is 3.28. The summed E-state index contributed by atoms with van der Waals surface area (Å²) in [6.45, 7) is 0. The smallest absolute Gasteiger partial charge is 0.0721 e. The number of benzene rings is 1. The summed E-state index contributed by atoms with van der Waals surface area (Å²) in [6, 6.07) is 5.14. The fourth-order valence-electron chi connectivity index (χ4n) is 0.839. The van der Waals surface area contributed by atoms with Crippen LogP contribution in [0.15, 0.2) is 24.3 Å². The Bertz CT molecular complexity index is 332. The van der Waals surface area contributed by atoms with Crippen LogP contribution in [0.1, 0.15) is 20.7 Å². The maximum Gasteiger partial charge on any atom is 0.0721 e. The van der Waals surface area contributed by atoms with Crippen LogP contribution in [0, 0.1) is 0 Å². The average molecular weight is 256 g/mol. The summed E-state index contributed by atoms with van der Waals surface area (Å²) in [5.74, 6) is -3.04. The van der Waals surface area contributed by atoms with Crippen molar-refractivity contribution in [1.29, 1.82) is 0 Å². The van der Waals surface area contributed by atoms with Gasteiger partial charge in [0.25, 0.3) is 0 Å². The monoisotopic (exact) mass is 256 g/mol. The van der Waals surface area contributed by atoms with E-state index < -0.39 is 11.9 Å². The van der Waals surface area contributed by atoms with Crippen LogP contribution in [-0.4, -0.2) is 40.1 Å². The molecule has 1 aromatic carbocycles. The Morgan fingerprint density at radius 3 is 1.22 bits per heavy atom. The van der Waals surface area contributed by atoms with Gasteiger partial charge in [-0.25, -0.2) is 0 Å². The van der Waals surface area contributed by atoms with Crippen LogP contribution in [-0.2, 0) is 0 Å². The molecule has 0 heterocycles. The largest absolute Gasteiger partial charge is 0.545 e. The Balaban J connectivity index is 0. The molecule has 0 aliphatic rings. The molecular formula is C12H20N2O4. The van der Waals surface area contributed by atoms with Gasteiger partial charge in [0, 0.05) is 11.1 Å². The fraction of sp³-hybridized carbons (Fsp3) is 0.333. The van der Waals surface area contributed by atoms with Crippen LogP contribution in [0.4, 0.5) is 0 Å². The number of aromatic carboxylic acids is 2. The molecule has 0 saturated heterocycles. The summed E-state index contributed by atoms with van der Waals surface area (Å²) in [4.78, 5) is 20.6. The molecule has 0 fully saturated rings. The van der Waals surface area contributed by atoms with E-state index in [2.05, 4.69) is 0 Å². The molecule has 0 spiro atoms. The summed E-state index contributed by atoms with van der Waals surface area (Å²) in [6.07, 6.45) is 0. The molecule has 0 saturated carbocycles. The lowest BCUT2D eigenvalue weighted by Gasteiger charge is -2.09. The lowest BCUT2D eigenvalue weighted by molar-refractivity contribution is -0.597. The molecule has 4 N–H and O–H groups in total. The standard InChI is InChI=1S/C8H6O4.2C2H7N/c9-7(10)5-3-1-2-4-6(5)8(11)12;2*1-3-2/h1-4H,(H,9,10)(H,11,12);2*3H,1-2H3. The van der Waals surface area contributed by atoms with Gasteiger partial charge in [-0.15, -0.1) is 0 Å². The van der Waals surface area contributed by atoms with Gasteiger partial charge in [-0.2, -0.15) is 0 Å². The van der Waals surface area contributed by atoms with Gasteiger partial charge in [0.15, 0.2) is 0 Å². The van der Waals surface area contributed by atoms with E-state index in [1.165, 1.54) is 12.1 Å². The summed E-state index contributed by atoms with van der Waals surface area (Å²) in [5, 5.41) is 24.6. The molecule has 1 rings (SSSR count). The molecule has 6 nitrogen and oxygen atoms in total. The Labute approximate surface area is 107 Å². The first-order valence-electron chi connectivity index (χ1n) is 5.45. The van der Waals surface area contributed by atoms with E-state index in [0.717, 1.165) is 12.1 Å². The normalized spacial score (nSPS) is 8.22. The Morgan fingerprint density at radius 2 is 1.06 bits per heavy atom. The summed E-state index contributed by atoms with van der Waals surface area (Å²) in [5.41, 5.74) is -0.727. The minimum atomic E-state index is -1.52. The van der Waals surface area contributed by atoms with Gasteiger partial charge in [-0.3, -0.25) is 0 Å². The molecule has 1 aromatic rings. The molecule has 0 atom stereocenters. The second-order valence-electron chi connectivity index (χ2n) is 3.28. The minimum absolute atomic E-state index is 0.363. The number of rotatable bonds is 2. The van der Waals surface area contributed by atoms with Crippen molar-refractivity contribution in [3.63, 3.8) is 0 Å². The highest BCUT2D eigenvalue weighted by Gasteiger charge is 2.01. The topological polar surface area (TPSA) is 113 Å². The SMILES string of the molecule is C[NH2+]C.C[NH2+]C.O=C([O-])c1ccccc1C(=O)[O-]. The van der Waals surface area contributed by atoms with E-state index >= 15 is 0 Å². The van der Waals surface area contributed by atoms with E-state index in [9.17, 15) is 19.8 Å². The van der Waals surface area contributed by atoms with Crippen LogP contribution >= 0.6 is 0 Å². The lowest BCUT2D eigenvalue weighted by atomic mass is 10.1. The first kappa shape index (κ1) is 18.4. The van der Waals surface area contributed by atoms with Crippen molar-refractivity contribution >= 4 is 11.9 Å². The Morgan fingerprint density at radius 1 is 0.833 bits per heavy atom. The van der Waals surface area contributed by atoms with Crippen molar-refractivity contribution in [3.05, 3.63) is 35.4 Å². The number of carboxylic acid groups (broad SMARTS) is 2. The molecule has 102 valence electrons. The van der Waals surface area contributed by atoms with E-state index in [1.807, 2.05) is 38.8 Å². The number of carboxylic acids is 2. The van der Waals surface area contributed by atoms with Crippen LogP contribution < -0.4 is 20.8 Å². The van der Waals surface area contributed by atoms with Crippen LogP contribution in [0.2, 0.25) is 0 Å². The summed E-state index contributed by atoms with van der Waals surface area (Å²) < 4.78 is 0. The number of carbonyl (C=O) groups excluding carboxylic acids is 2. The van der Waals surface area contributed by atoms with Gasteiger partial charge in [0.2, 0.25) is 0 Å². The number of carbonyl (C=O) groups is 2. The highest BCUT2D eigenvalue weighted by molar-refractivity contribution is 5.99. The molecular weight excluding hydrogens is 236 g/mol. The van der Waals surface area contributed by atoms with Crippen molar-refractivity contribution in [3.8, 4) is 0 Å². The van der Waals surface area contributed by atoms with Crippen molar-refractivity contribution in [2.45, 2.75) is 0 Å². The van der Waals surface area contributed by atoms with Crippen LogP contribution in [0.25, 0.3) is 0 Å². The number of quaternary nitrogens is 2. The Hall–Kier alpha value is -1.92.